The molecule has 0 unspecified atom stereocenters. The van der Waals surface area contributed by atoms with Crippen molar-refractivity contribution in [1.82, 2.24) is 9.88 Å². The van der Waals surface area contributed by atoms with Crippen LogP contribution in [0.2, 0.25) is 5.02 Å². The number of para-hydroxylation sites is 1. The number of hydrogen-bond donors (Lipinski definition) is 1. The SMILES string of the molecule is CC(C)N1CCc2nc3c(Cl)cccc3c(C(=O)O)c2C1. The smallest absolute Gasteiger partial charge is 0.336 e. The lowest BCUT2D eigenvalue weighted by molar-refractivity contribution is 0.0694. The minimum absolute atomic E-state index is 0.350. The molecule has 1 aliphatic rings. The molecule has 5 heteroatoms. The fourth-order valence-electron chi connectivity index (χ4n) is 2.93. The first-order valence-electron chi connectivity index (χ1n) is 7.06. The maximum Gasteiger partial charge on any atom is 0.336 e. The van der Waals surface area contributed by atoms with Gasteiger partial charge in [0, 0.05) is 42.2 Å². The van der Waals surface area contributed by atoms with E-state index in [4.69, 9.17) is 11.6 Å². The molecular formula is C16H17ClN2O2. The molecule has 0 amide bonds. The van der Waals surface area contributed by atoms with Crippen molar-refractivity contribution in [2.45, 2.75) is 32.9 Å². The van der Waals surface area contributed by atoms with Gasteiger partial charge in [0.2, 0.25) is 0 Å². The molecule has 1 aromatic carbocycles. The predicted molar refractivity (Wildman–Crippen MR) is 83.0 cm³/mol. The van der Waals surface area contributed by atoms with E-state index in [1.165, 1.54) is 0 Å². The number of benzene rings is 1. The van der Waals surface area contributed by atoms with E-state index in [1.807, 2.05) is 0 Å². The van der Waals surface area contributed by atoms with Crippen LogP contribution in [0, 0.1) is 0 Å². The molecule has 0 radical (unpaired) electrons. The van der Waals surface area contributed by atoms with E-state index in [0.717, 1.165) is 24.2 Å². The molecule has 3 rings (SSSR count). The second kappa shape index (κ2) is 5.28. The Hall–Kier alpha value is -1.65. The molecule has 1 aromatic heterocycles. The van der Waals surface area contributed by atoms with Gasteiger partial charge in [-0.2, -0.15) is 0 Å². The third-order valence-corrected chi connectivity index (χ3v) is 4.40. The average Bonchev–Trinajstić information content (AvgIpc) is 2.44. The highest BCUT2D eigenvalue weighted by Crippen LogP contribution is 2.31. The zero-order chi connectivity index (χ0) is 15.1. The van der Waals surface area contributed by atoms with Gasteiger partial charge in [0.05, 0.1) is 16.1 Å². The van der Waals surface area contributed by atoms with Gasteiger partial charge in [-0.25, -0.2) is 4.79 Å². The number of nitrogens with zero attached hydrogens (tertiary/aromatic N) is 2. The number of hydrogen-bond acceptors (Lipinski definition) is 3. The number of pyridine rings is 1. The number of halogens is 1. The highest BCUT2D eigenvalue weighted by molar-refractivity contribution is 6.35. The zero-order valence-corrected chi connectivity index (χ0v) is 12.8. The van der Waals surface area contributed by atoms with E-state index in [9.17, 15) is 9.90 Å². The van der Waals surface area contributed by atoms with Crippen LogP contribution in [0.4, 0.5) is 0 Å². The largest absolute Gasteiger partial charge is 0.478 e. The molecule has 4 nitrogen and oxygen atoms in total. The molecule has 0 saturated heterocycles. The highest BCUT2D eigenvalue weighted by Gasteiger charge is 2.27. The van der Waals surface area contributed by atoms with Gasteiger partial charge in [0.15, 0.2) is 0 Å². The summed E-state index contributed by atoms with van der Waals surface area (Å²) in [6, 6.07) is 5.69. The Morgan fingerprint density at radius 1 is 1.43 bits per heavy atom. The van der Waals surface area contributed by atoms with Crippen LogP contribution in [-0.4, -0.2) is 33.5 Å². The van der Waals surface area contributed by atoms with Gasteiger partial charge in [0.1, 0.15) is 0 Å². The molecular weight excluding hydrogens is 288 g/mol. The van der Waals surface area contributed by atoms with E-state index in [0.29, 0.717) is 34.1 Å². The van der Waals surface area contributed by atoms with E-state index >= 15 is 0 Å². The lowest BCUT2D eigenvalue weighted by Crippen LogP contribution is -2.37. The van der Waals surface area contributed by atoms with Crippen molar-refractivity contribution >= 4 is 28.5 Å². The molecule has 2 heterocycles. The van der Waals surface area contributed by atoms with Crippen LogP contribution in [-0.2, 0) is 13.0 Å². The monoisotopic (exact) mass is 304 g/mol. The number of carboxylic acid groups (broad SMARTS) is 1. The van der Waals surface area contributed by atoms with Crippen LogP contribution >= 0.6 is 11.6 Å². The Labute approximate surface area is 128 Å². The lowest BCUT2D eigenvalue weighted by Gasteiger charge is -2.32. The Morgan fingerprint density at radius 3 is 2.86 bits per heavy atom. The molecule has 110 valence electrons. The Balaban J connectivity index is 2.28. The fourth-order valence-corrected chi connectivity index (χ4v) is 3.15. The molecule has 2 aromatic rings. The molecule has 1 aliphatic heterocycles. The molecule has 1 N–H and O–H groups in total. The standard InChI is InChI=1S/C16H17ClN2O2/c1-9(2)19-7-6-13-11(8-19)14(16(20)21)10-4-3-5-12(17)15(10)18-13/h3-5,9H,6-8H2,1-2H3,(H,20,21). The summed E-state index contributed by atoms with van der Waals surface area (Å²) in [6.07, 6.45) is 0.759. The minimum Gasteiger partial charge on any atom is -0.478 e. The number of fused-ring (bicyclic) bond motifs is 2. The number of carboxylic acids is 1. The maximum atomic E-state index is 11.8. The topological polar surface area (TPSA) is 53.4 Å². The van der Waals surface area contributed by atoms with E-state index in [2.05, 4.69) is 23.7 Å². The molecule has 0 spiro atoms. The number of aromatic nitrogens is 1. The van der Waals surface area contributed by atoms with Crippen molar-refractivity contribution in [3.63, 3.8) is 0 Å². The molecule has 0 atom stereocenters. The fraction of sp³-hybridized carbons (Fsp3) is 0.375. The number of rotatable bonds is 2. The predicted octanol–water partition coefficient (Wildman–Crippen LogP) is 3.35. The van der Waals surface area contributed by atoms with Gasteiger partial charge in [-0.15, -0.1) is 0 Å². The van der Waals surface area contributed by atoms with Gasteiger partial charge < -0.3 is 5.11 Å². The van der Waals surface area contributed by atoms with Crippen LogP contribution in [0.3, 0.4) is 0 Å². The second-order valence-electron chi connectivity index (χ2n) is 5.67. The van der Waals surface area contributed by atoms with Crippen LogP contribution in [0.25, 0.3) is 10.9 Å². The third kappa shape index (κ3) is 2.39. The van der Waals surface area contributed by atoms with E-state index in [-0.39, 0.29) is 0 Å². The van der Waals surface area contributed by atoms with E-state index < -0.39 is 5.97 Å². The quantitative estimate of drug-likeness (QED) is 0.924. The molecule has 21 heavy (non-hydrogen) atoms. The van der Waals surface area contributed by atoms with Gasteiger partial charge in [-0.05, 0) is 19.9 Å². The molecule has 0 bridgehead atoms. The van der Waals surface area contributed by atoms with Gasteiger partial charge in [-0.1, -0.05) is 23.7 Å². The van der Waals surface area contributed by atoms with E-state index in [1.54, 1.807) is 18.2 Å². The number of carbonyl (C=O) groups is 1. The van der Waals surface area contributed by atoms with Crippen molar-refractivity contribution in [3.05, 3.63) is 40.0 Å². The Bertz CT molecular complexity index is 728. The first-order chi connectivity index (χ1) is 9.99. The summed E-state index contributed by atoms with van der Waals surface area (Å²) in [7, 11) is 0. The zero-order valence-electron chi connectivity index (χ0n) is 12.1. The summed E-state index contributed by atoms with van der Waals surface area (Å²) < 4.78 is 0. The van der Waals surface area contributed by atoms with Crippen LogP contribution in [0.5, 0.6) is 0 Å². The second-order valence-corrected chi connectivity index (χ2v) is 6.07. The summed E-state index contributed by atoms with van der Waals surface area (Å²) in [5.41, 5.74) is 2.64. The molecule has 0 saturated carbocycles. The summed E-state index contributed by atoms with van der Waals surface area (Å²) >= 11 is 6.19. The number of aromatic carboxylic acids is 1. The summed E-state index contributed by atoms with van der Waals surface area (Å²) in [6.45, 7) is 5.77. The summed E-state index contributed by atoms with van der Waals surface area (Å²) in [5.74, 6) is -0.911. The lowest BCUT2D eigenvalue weighted by atomic mass is 9.95. The van der Waals surface area contributed by atoms with Gasteiger partial charge in [-0.3, -0.25) is 9.88 Å². The van der Waals surface area contributed by atoms with Crippen LogP contribution in [0.1, 0.15) is 35.5 Å². The minimum atomic E-state index is -0.911. The first-order valence-corrected chi connectivity index (χ1v) is 7.44. The highest BCUT2D eigenvalue weighted by atomic mass is 35.5. The van der Waals surface area contributed by atoms with Crippen molar-refractivity contribution in [3.8, 4) is 0 Å². The van der Waals surface area contributed by atoms with Crippen LogP contribution < -0.4 is 0 Å². The van der Waals surface area contributed by atoms with Crippen molar-refractivity contribution in [1.29, 1.82) is 0 Å². The average molecular weight is 305 g/mol. The van der Waals surface area contributed by atoms with Crippen molar-refractivity contribution < 1.29 is 9.90 Å². The van der Waals surface area contributed by atoms with Crippen molar-refractivity contribution in [2.24, 2.45) is 0 Å². The van der Waals surface area contributed by atoms with Gasteiger partial charge >= 0.3 is 5.97 Å². The Morgan fingerprint density at radius 2 is 2.19 bits per heavy atom. The van der Waals surface area contributed by atoms with Crippen molar-refractivity contribution in [2.75, 3.05) is 6.54 Å². The van der Waals surface area contributed by atoms with Crippen LogP contribution in [0.15, 0.2) is 18.2 Å². The first kappa shape index (κ1) is 14.3. The Kier molecular flexibility index (Phi) is 3.59. The molecule has 0 fully saturated rings. The summed E-state index contributed by atoms with van der Waals surface area (Å²) in [4.78, 5) is 18.7. The summed E-state index contributed by atoms with van der Waals surface area (Å²) in [5, 5.41) is 10.8. The molecule has 0 aliphatic carbocycles. The third-order valence-electron chi connectivity index (χ3n) is 4.09. The maximum absolute atomic E-state index is 11.8. The van der Waals surface area contributed by atoms with Gasteiger partial charge in [0.25, 0.3) is 0 Å². The normalized spacial score (nSPS) is 15.4.